The van der Waals surface area contributed by atoms with Crippen molar-refractivity contribution in [2.24, 2.45) is 0 Å². The molecule has 9 aromatic rings. The number of fused-ring (bicyclic) bond motifs is 6. The van der Waals surface area contributed by atoms with Crippen molar-refractivity contribution in [2.75, 3.05) is 5.32 Å². The lowest BCUT2D eigenvalue weighted by Gasteiger charge is -2.10. The molecule has 0 bridgehead atoms. The van der Waals surface area contributed by atoms with Gasteiger partial charge in [0.25, 0.3) is 0 Å². The van der Waals surface area contributed by atoms with Gasteiger partial charge in [0, 0.05) is 63.0 Å². The third-order valence-electron chi connectivity index (χ3n) is 7.85. The van der Waals surface area contributed by atoms with E-state index < -0.39 is 0 Å². The first kappa shape index (κ1) is 30.5. The average Bonchev–Trinajstić information content (AvgIpc) is 3.68. The molecule has 0 fully saturated rings. The SMILES string of the molecule is Brc1cc(Sc2ccccc2)c2c(c1)oc1ccccc12.c1ccc(Nc2cc(Sc3ccccc3)c3c(c2)oc2ccccc23)cc1. The fourth-order valence-electron chi connectivity index (χ4n) is 5.75. The summed E-state index contributed by atoms with van der Waals surface area (Å²) < 4.78 is 13.2. The summed E-state index contributed by atoms with van der Waals surface area (Å²) in [4.78, 5) is 4.82. The number of nitrogens with one attached hydrogen (secondary N) is 1. The molecule has 3 nitrogen and oxygen atoms in total. The Morgan fingerprint density at radius 1 is 0.417 bits per heavy atom. The van der Waals surface area contributed by atoms with Gasteiger partial charge in [-0.25, -0.2) is 0 Å². The van der Waals surface area contributed by atoms with E-state index in [1.54, 1.807) is 23.5 Å². The fraction of sp³-hybridized carbons (Fsp3) is 0. The van der Waals surface area contributed by atoms with E-state index in [9.17, 15) is 0 Å². The molecule has 0 amide bonds. The van der Waals surface area contributed by atoms with Crippen LogP contribution in [0.25, 0.3) is 43.9 Å². The van der Waals surface area contributed by atoms with Crippen LogP contribution in [0.2, 0.25) is 0 Å². The molecule has 0 saturated heterocycles. The summed E-state index contributed by atoms with van der Waals surface area (Å²) in [6.07, 6.45) is 0. The van der Waals surface area contributed by atoms with E-state index in [0.717, 1.165) is 49.0 Å². The maximum atomic E-state index is 6.16. The average molecular weight is 723 g/mol. The normalized spacial score (nSPS) is 11.2. The monoisotopic (exact) mass is 721 g/mol. The maximum Gasteiger partial charge on any atom is 0.138 e. The number of rotatable bonds is 6. The number of furan rings is 2. The Labute approximate surface area is 295 Å². The van der Waals surface area contributed by atoms with E-state index in [1.165, 1.54) is 30.4 Å². The smallest absolute Gasteiger partial charge is 0.138 e. The van der Waals surface area contributed by atoms with Crippen LogP contribution in [0.3, 0.4) is 0 Å². The van der Waals surface area contributed by atoms with Crippen LogP contribution >= 0.6 is 39.5 Å². The van der Waals surface area contributed by atoms with Crippen molar-refractivity contribution < 1.29 is 8.83 Å². The molecule has 0 saturated carbocycles. The standard InChI is InChI=1S/C24H17NOS.C18H11BrOS/c1-3-9-17(10-4-1)25-18-15-22-24(20-13-7-8-14-21(20)26-22)23(16-18)27-19-11-5-2-6-12-19;19-12-10-16-18(14-8-4-5-9-15(14)20-16)17(11-12)21-13-6-2-1-3-7-13/h1-16,25H;1-11H. The highest BCUT2D eigenvalue weighted by Gasteiger charge is 2.15. The molecular weight excluding hydrogens is 695 g/mol. The lowest BCUT2D eigenvalue weighted by Crippen LogP contribution is -1.90. The minimum atomic E-state index is 0.899. The largest absolute Gasteiger partial charge is 0.456 e. The Morgan fingerprint density at radius 3 is 1.44 bits per heavy atom. The number of anilines is 2. The summed E-state index contributed by atoms with van der Waals surface area (Å²) >= 11 is 7.10. The minimum absolute atomic E-state index is 0.899. The highest BCUT2D eigenvalue weighted by molar-refractivity contribution is 9.10. The molecule has 0 unspecified atom stereocenters. The number of para-hydroxylation sites is 3. The number of halogens is 1. The van der Waals surface area contributed by atoms with Gasteiger partial charge in [-0.3, -0.25) is 0 Å². The van der Waals surface area contributed by atoms with Crippen molar-refractivity contribution >= 4 is 94.7 Å². The molecular formula is C42H28BrNO2S2. The van der Waals surface area contributed by atoms with Gasteiger partial charge in [0.1, 0.15) is 22.3 Å². The number of hydrogen-bond acceptors (Lipinski definition) is 5. The van der Waals surface area contributed by atoms with Gasteiger partial charge in [-0.05, 0) is 66.7 Å². The topological polar surface area (TPSA) is 38.3 Å². The van der Waals surface area contributed by atoms with E-state index in [-0.39, 0.29) is 0 Å². The van der Waals surface area contributed by atoms with Crippen molar-refractivity contribution in [1.29, 1.82) is 0 Å². The molecule has 2 aromatic heterocycles. The third-order valence-corrected chi connectivity index (χ3v) is 10.4. The molecule has 6 heteroatoms. The first-order valence-electron chi connectivity index (χ1n) is 15.5. The molecule has 9 rings (SSSR count). The van der Waals surface area contributed by atoms with Crippen molar-refractivity contribution in [1.82, 2.24) is 0 Å². The van der Waals surface area contributed by atoms with Crippen LogP contribution in [-0.4, -0.2) is 0 Å². The molecule has 0 aliphatic rings. The summed E-state index contributed by atoms with van der Waals surface area (Å²) in [7, 11) is 0. The summed E-state index contributed by atoms with van der Waals surface area (Å²) in [6.45, 7) is 0. The minimum Gasteiger partial charge on any atom is -0.456 e. The molecule has 0 radical (unpaired) electrons. The number of hydrogen-bond donors (Lipinski definition) is 1. The Hall–Kier alpha value is -4.88. The zero-order chi connectivity index (χ0) is 32.3. The second kappa shape index (κ2) is 13.7. The molecule has 0 atom stereocenters. The van der Waals surface area contributed by atoms with Gasteiger partial charge < -0.3 is 14.2 Å². The van der Waals surface area contributed by atoms with Gasteiger partial charge in [0.05, 0.1) is 0 Å². The zero-order valence-corrected chi connectivity index (χ0v) is 28.8. The van der Waals surface area contributed by atoms with Crippen molar-refractivity contribution in [3.8, 4) is 0 Å². The third kappa shape index (κ3) is 6.47. The molecule has 48 heavy (non-hydrogen) atoms. The van der Waals surface area contributed by atoms with E-state index in [4.69, 9.17) is 8.83 Å². The van der Waals surface area contributed by atoms with Crippen molar-refractivity contribution in [3.63, 3.8) is 0 Å². The van der Waals surface area contributed by atoms with E-state index in [0.29, 0.717) is 0 Å². The van der Waals surface area contributed by atoms with Crippen LogP contribution in [0, 0.1) is 0 Å². The van der Waals surface area contributed by atoms with E-state index in [2.05, 4.69) is 124 Å². The Balaban J connectivity index is 0.000000145. The lowest BCUT2D eigenvalue weighted by atomic mass is 10.1. The Morgan fingerprint density at radius 2 is 0.875 bits per heavy atom. The second-order valence-corrected chi connectivity index (χ2v) is 14.3. The lowest BCUT2D eigenvalue weighted by molar-refractivity contribution is 0.668. The predicted molar refractivity (Wildman–Crippen MR) is 206 cm³/mol. The van der Waals surface area contributed by atoms with Gasteiger partial charge >= 0.3 is 0 Å². The first-order chi connectivity index (χ1) is 23.7. The van der Waals surface area contributed by atoms with E-state index >= 15 is 0 Å². The zero-order valence-electron chi connectivity index (χ0n) is 25.6. The van der Waals surface area contributed by atoms with Crippen LogP contribution in [0.5, 0.6) is 0 Å². The summed E-state index contributed by atoms with van der Waals surface area (Å²) in [5, 5.41) is 8.16. The highest BCUT2D eigenvalue weighted by atomic mass is 79.9. The Bertz CT molecular complexity index is 2490. The van der Waals surface area contributed by atoms with Gasteiger partial charge in [0.2, 0.25) is 0 Å². The first-order valence-corrected chi connectivity index (χ1v) is 17.9. The maximum absolute atomic E-state index is 6.16. The van der Waals surface area contributed by atoms with Crippen molar-refractivity contribution in [2.45, 2.75) is 19.6 Å². The van der Waals surface area contributed by atoms with Crippen LogP contribution in [0.4, 0.5) is 11.4 Å². The highest BCUT2D eigenvalue weighted by Crippen LogP contribution is 2.42. The van der Waals surface area contributed by atoms with Crippen molar-refractivity contribution in [3.05, 3.63) is 168 Å². The molecule has 1 N–H and O–H groups in total. The van der Waals surface area contributed by atoms with E-state index in [1.807, 2.05) is 60.7 Å². The van der Waals surface area contributed by atoms with Crippen LogP contribution in [0.1, 0.15) is 0 Å². The molecule has 2 heterocycles. The quantitative estimate of drug-likeness (QED) is 0.185. The summed E-state index contributed by atoms with van der Waals surface area (Å²) in [5.74, 6) is 0. The van der Waals surface area contributed by atoms with Gasteiger partial charge in [-0.1, -0.05) is 130 Å². The molecule has 0 spiro atoms. The van der Waals surface area contributed by atoms with Crippen LogP contribution in [-0.2, 0) is 0 Å². The Kier molecular flexibility index (Phi) is 8.69. The number of benzene rings is 7. The van der Waals surface area contributed by atoms with Gasteiger partial charge in [-0.15, -0.1) is 0 Å². The predicted octanol–water partition coefficient (Wildman–Crippen LogP) is 14.0. The second-order valence-electron chi connectivity index (χ2n) is 11.1. The molecule has 7 aromatic carbocycles. The summed E-state index contributed by atoms with van der Waals surface area (Å²) in [6, 6.07) is 55.9. The van der Waals surface area contributed by atoms with Gasteiger partial charge in [0.15, 0.2) is 0 Å². The fourth-order valence-corrected chi connectivity index (χ4v) is 8.43. The molecule has 232 valence electrons. The van der Waals surface area contributed by atoms with Gasteiger partial charge in [-0.2, -0.15) is 0 Å². The van der Waals surface area contributed by atoms with Crippen LogP contribution < -0.4 is 5.32 Å². The van der Waals surface area contributed by atoms with Crippen LogP contribution in [0.15, 0.2) is 197 Å². The summed E-state index contributed by atoms with van der Waals surface area (Å²) in [5.41, 5.74) is 5.74. The molecule has 0 aliphatic heterocycles. The molecule has 0 aliphatic carbocycles.